The number of carboxylic acid groups (broad SMARTS) is 1. The van der Waals surface area contributed by atoms with Crippen molar-refractivity contribution in [2.24, 2.45) is 17.8 Å². The minimum atomic E-state index is -0.859. The summed E-state index contributed by atoms with van der Waals surface area (Å²) in [6.07, 6.45) is 5.56. The van der Waals surface area contributed by atoms with E-state index in [4.69, 9.17) is 0 Å². The lowest BCUT2D eigenvalue weighted by atomic mass is 9.95. The summed E-state index contributed by atoms with van der Waals surface area (Å²) >= 11 is 0. The van der Waals surface area contributed by atoms with Crippen LogP contribution in [0.25, 0.3) is 0 Å². The first-order valence-electron chi connectivity index (χ1n) is 7.46. The van der Waals surface area contributed by atoms with Gasteiger partial charge in [0.25, 0.3) is 0 Å². The van der Waals surface area contributed by atoms with Crippen molar-refractivity contribution in [1.82, 2.24) is 10.3 Å². The van der Waals surface area contributed by atoms with Gasteiger partial charge in [-0.3, -0.25) is 14.6 Å². The van der Waals surface area contributed by atoms with Crippen LogP contribution in [0.15, 0.2) is 24.5 Å². The monoisotopic (exact) mass is 290 g/mol. The molecule has 1 aliphatic carbocycles. The van der Waals surface area contributed by atoms with Crippen LogP contribution in [0, 0.1) is 17.8 Å². The third kappa shape index (κ3) is 3.60. The normalized spacial score (nSPS) is 26.3. The fourth-order valence-electron chi connectivity index (χ4n) is 3.09. The lowest BCUT2D eigenvalue weighted by Gasteiger charge is -2.20. The molecule has 0 radical (unpaired) electrons. The smallest absolute Gasteiger partial charge is 0.307 e. The highest BCUT2D eigenvalue weighted by Gasteiger charge is 2.42. The van der Waals surface area contributed by atoms with Crippen molar-refractivity contribution >= 4 is 11.9 Å². The van der Waals surface area contributed by atoms with E-state index in [0.717, 1.165) is 12.0 Å². The molecule has 3 unspecified atom stereocenters. The van der Waals surface area contributed by atoms with Crippen LogP contribution in [-0.2, 0) is 9.59 Å². The Morgan fingerprint density at radius 2 is 1.95 bits per heavy atom. The highest BCUT2D eigenvalue weighted by Crippen LogP contribution is 2.38. The highest BCUT2D eigenvalue weighted by atomic mass is 16.4. The van der Waals surface area contributed by atoms with E-state index in [2.05, 4.69) is 10.3 Å². The maximum Gasteiger partial charge on any atom is 0.307 e. The van der Waals surface area contributed by atoms with E-state index in [1.807, 2.05) is 26.0 Å². The molecular weight excluding hydrogens is 268 g/mol. The zero-order valence-corrected chi connectivity index (χ0v) is 12.5. The van der Waals surface area contributed by atoms with Gasteiger partial charge in [-0.05, 0) is 43.4 Å². The topological polar surface area (TPSA) is 79.3 Å². The Bertz CT molecular complexity index is 504. The number of aromatic nitrogens is 1. The summed E-state index contributed by atoms with van der Waals surface area (Å²) in [7, 11) is 0. The molecular formula is C16H22N2O3. The van der Waals surface area contributed by atoms with Gasteiger partial charge in [-0.2, -0.15) is 0 Å². The molecule has 0 aliphatic heterocycles. The molecule has 1 amide bonds. The second-order valence-corrected chi connectivity index (χ2v) is 5.81. The van der Waals surface area contributed by atoms with Crippen molar-refractivity contribution in [3.8, 4) is 0 Å². The zero-order valence-electron chi connectivity index (χ0n) is 12.5. The van der Waals surface area contributed by atoms with Crippen molar-refractivity contribution < 1.29 is 14.7 Å². The van der Waals surface area contributed by atoms with Crippen LogP contribution in [0.4, 0.5) is 0 Å². The van der Waals surface area contributed by atoms with Gasteiger partial charge in [0.1, 0.15) is 0 Å². The van der Waals surface area contributed by atoms with Crippen molar-refractivity contribution in [2.45, 2.75) is 39.2 Å². The molecule has 1 aliphatic rings. The van der Waals surface area contributed by atoms with Gasteiger partial charge in [-0.1, -0.05) is 13.3 Å². The lowest BCUT2D eigenvalue weighted by Crippen LogP contribution is -2.36. The standard InChI is InChI=1S/C16H22N2O3/c1-3-11-8-13(14(9-11)16(20)21)15(19)18-10(2)12-4-6-17-7-5-12/h4-7,10-11,13-14H,3,8-9H2,1-2H3,(H,18,19)(H,20,21)/t10-,11?,13?,14?/m1/s1. The second-order valence-electron chi connectivity index (χ2n) is 5.81. The fourth-order valence-corrected chi connectivity index (χ4v) is 3.09. The molecule has 0 spiro atoms. The molecule has 1 fully saturated rings. The summed E-state index contributed by atoms with van der Waals surface area (Å²) in [6.45, 7) is 3.94. The average molecular weight is 290 g/mol. The van der Waals surface area contributed by atoms with Crippen LogP contribution in [-0.4, -0.2) is 22.0 Å². The fraction of sp³-hybridized carbons (Fsp3) is 0.562. The van der Waals surface area contributed by atoms with Crippen LogP contribution >= 0.6 is 0 Å². The molecule has 2 N–H and O–H groups in total. The molecule has 0 aromatic carbocycles. The van der Waals surface area contributed by atoms with E-state index in [0.29, 0.717) is 18.8 Å². The van der Waals surface area contributed by atoms with Crippen LogP contribution < -0.4 is 5.32 Å². The van der Waals surface area contributed by atoms with Crippen LogP contribution in [0.2, 0.25) is 0 Å². The Morgan fingerprint density at radius 3 is 2.52 bits per heavy atom. The summed E-state index contributed by atoms with van der Waals surface area (Å²) in [5.74, 6) is -1.65. The highest BCUT2D eigenvalue weighted by molar-refractivity contribution is 5.85. The van der Waals surface area contributed by atoms with E-state index in [1.165, 1.54) is 0 Å². The number of carboxylic acids is 1. The van der Waals surface area contributed by atoms with Crippen molar-refractivity contribution in [2.75, 3.05) is 0 Å². The van der Waals surface area contributed by atoms with Gasteiger partial charge >= 0.3 is 5.97 Å². The number of nitrogens with one attached hydrogen (secondary N) is 1. The van der Waals surface area contributed by atoms with Crippen LogP contribution in [0.1, 0.15) is 44.7 Å². The van der Waals surface area contributed by atoms with Crippen LogP contribution in [0.3, 0.4) is 0 Å². The number of amides is 1. The number of nitrogens with zero attached hydrogens (tertiary/aromatic N) is 1. The van der Waals surface area contributed by atoms with Gasteiger partial charge in [-0.25, -0.2) is 0 Å². The molecule has 4 atom stereocenters. The minimum Gasteiger partial charge on any atom is -0.481 e. The van der Waals surface area contributed by atoms with Gasteiger partial charge in [0, 0.05) is 12.4 Å². The number of hydrogen-bond donors (Lipinski definition) is 2. The molecule has 1 heterocycles. The number of carbonyl (C=O) groups excluding carboxylic acids is 1. The van der Waals surface area contributed by atoms with Crippen molar-refractivity contribution in [3.63, 3.8) is 0 Å². The largest absolute Gasteiger partial charge is 0.481 e. The third-order valence-electron chi connectivity index (χ3n) is 4.46. The Balaban J connectivity index is 2.03. The van der Waals surface area contributed by atoms with Gasteiger partial charge in [0.05, 0.1) is 17.9 Å². The molecule has 1 aromatic rings. The third-order valence-corrected chi connectivity index (χ3v) is 4.46. The maximum atomic E-state index is 12.4. The number of aliphatic carboxylic acids is 1. The van der Waals surface area contributed by atoms with Gasteiger partial charge in [0.2, 0.25) is 5.91 Å². The van der Waals surface area contributed by atoms with E-state index in [-0.39, 0.29) is 11.9 Å². The summed E-state index contributed by atoms with van der Waals surface area (Å²) in [5.41, 5.74) is 0.968. The molecule has 2 rings (SSSR count). The van der Waals surface area contributed by atoms with E-state index >= 15 is 0 Å². The van der Waals surface area contributed by atoms with E-state index in [1.54, 1.807) is 12.4 Å². The molecule has 1 saturated carbocycles. The maximum absolute atomic E-state index is 12.4. The summed E-state index contributed by atoms with van der Waals surface area (Å²) < 4.78 is 0. The Kier molecular flexibility index (Phi) is 4.94. The summed E-state index contributed by atoms with van der Waals surface area (Å²) in [4.78, 5) is 27.7. The van der Waals surface area contributed by atoms with Crippen molar-refractivity contribution in [1.29, 1.82) is 0 Å². The van der Waals surface area contributed by atoms with E-state index in [9.17, 15) is 14.7 Å². The average Bonchev–Trinajstić information content (AvgIpc) is 2.92. The molecule has 0 bridgehead atoms. The first-order chi connectivity index (χ1) is 10.0. The predicted octanol–water partition coefficient (Wildman–Crippen LogP) is 2.40. The predicted molar refractivity (Wildman–Crippen MR) is 78.4 cm³/mol. The SMILES string of the molecule is CCC1CC(C(=O)O)C(C(=O)N[C@H](C)c2ccncc2)C1. The van der Waals surface area contributed by atoms with Crippen LogP contribution in [0.5, 0.6) is 0 Å². The number of carbonyl (C=O) groups is 2. The number of pyridine rings is 1. The molecule has 1 aromatic heterocycles. The number of rotatable bonds is 5. The molecule has 5 nitrogen and oxygen atoms in total. The first-order valence-corrected chi connectivity index (χ1v) is 7.46. The lowest BCUT2D eigenvalue weighted by molar-refractivity contribution is -0.146. The molecule has 5 heteroatoms. The Labute approximate surface area is 124 Å². The molecule has 21 heavy (non-hydrogen) atoms. The molecule has 0 saturated heterocycles. The summed E-state index contributed by atoms with van der Waals surface area (Å²) in [6, 6.07) is 3.56. The Morgan fingerprint density at radius 1 is 1.33 bits per heavy atom. The zero-order chi connectivity index (χ0) is 15.4. The van der Waals surface area contributed by atoms with Gasteiger partial charge in [-0.15, -0.1) is 0 Å². The van der Waals surface area contributed by atoms with Gasteiger partial charge in [0.15, 0.2) is 0 Å². The van der Waals surface area contributed by atoms with Crippen molar-refractivity contribution in [3.05, 3.63) is 30.1 Å². The Hall–Kier alpha value is -1.91. The second kappa shape index (κ2) is 6.70. The van der Waals surface area contributed by atoms with Gasteiger partial charge < -0.3 is 10.4 Å². The quantitative estimate of drug-likeness (QED) is 0.872. The summed E-state index contributed by atoms with van der Waals surface area (Å²) in [5, 5.41) is 12.2. The van der Waals surface area contributed by atoms with E-state index < -0.39 is 17.8 Å². The number of hydrogen-bond acceptors (Lipinski definition) is 3. The molecule has 114 valence electrons. The minimum absolute atomic E-state index is 0.143. The first kappa shape index (κ1) is 15.5.